The number of aryl methyl sites for hydroxylation is 2. The van der Waals surface area contributed by atoms with Gasteiger partial charge in [-0.15, -0.1) is 11.3 Å². The van der Waals surface area contributed by atoms with Crippen molar-refractivity contribution in [3.63, 3.8) is 0 Å². The van der Waals surface area contributed by atoms with E-state index in [0.717, 1.165) is 43.2 Å². The van der Waals surface area contributed by atoms with Crippen molar-refractivity contribution in [2.24, 2.45) is 0 Å². The van der Waals surface area contributed by atoms with Gasteiger partial charge in [0.2, 0.25) is 0 Å². The number of aromatic nitrogens is 2. The van der Waals surface area contributed by atoms with Crippen molar-refractivity contribution in [2.75, 3.05) is 13.1 Å². The second kappa shape index (κ2) is 7.30. The lowest BCUT2D eigenvalue weighted by Crippen LogP contribution is -2.39. The maximum atomic E-state index is 12.7. The fourth-order valence-electron chi connectivity index (χ4n) is 3.28. The molecule has 0 aliphatic carbocycles. The first-order chi connectivity index (χ1) is 11.2. The molecule has 3 heterocycles. The van der Waals surface area contributed by atoms with Gasteiger partial charge in [0.1, 0.15) is 5.82 Å². The van der Waals surface area contributed by atoms with E-state index in [1.807, 2.05) is 30.2 Å². The Bertz CT molecular complexity index is 661. The van der Waals surface area contributed by atoms with E-state index in [-0.39, 0.29) is 5.91 Å². The van der Waals surface area contributed by atoms with Gasteiger partial charge in [0, 0.05) is 42.8 Å². The normalized spacial score (nSPS) is 18.3. The summed E-state index contributed by atoms with van der Waals surface area (Å²) >= 11 is 1.59. The first kappa shape index (κ1) is 16.2. The van der Waals surface area contributed by atoms with Crippen LogP contribution in [0.2, 0.25) is 0 Å². The number of unbranched alkanes of at least 4 members (excludes halogenated alkanes) is 1. The molecular formula is C18H25N3OS. The number of imidazole rings is 1. The lowest BCUT2D eigenvalue weighted by Gasteiger charge is -2.32. The van der Waals surface area contributed by atoms with Crippen LogP contribution in [0.1, 0.15) is 58.9 Å². The monoisotopic (exact) mass is 331 g/mol. The van der Waals surface area contributed by atoms with E-state index < -0.39 is 0 Å². The predicted molar refractivity (Wildman–Crippen MR) is 94.1 cm³/mol. The molecule has 0 N–H and O–H groups in total. The Morgan fingerprint density at radius 3 is 3.04 bits per heavy atom. The summed E-state index contributed by atoms with van der Waals surface area (Å²) in [6, 6.07) is 3.98. The van der Waals surface area contributed by atoms with Gasteiger partial charge in [0.05, 0.1) is 4.88 Å². The highest BCUT2D eigenvalue weighted by Crippen LogP contribution is 2.28. The van der Waals surface area contributed by atoms with E-state index in [4.69, 9.17) is 0 Å². The molecule has 124 valence electrons. The molecule has 2 aromatic heterocycles. The average Bonchev–Trinajstić information content (AvgIpc) is 3.21. The van der Waals surface area contributed by atoms with E-state index in [9.17, 15) is 4.79 Å². The zero-order valence-electron chi connectivity index (χ0n) is 14.0. The van der Waals surface area contributed by atoms with Crippen LogP contribution in [0.3, 0.4) is 0 Å². The molecule has 0 radical (unpaired) electrons. The molecule has 5 heteroatoms. The second-order valence-electron chi connectivity index (χ2n) is 6.33. The van der Waals surface area contributed by atoms with Gasteiger partial charge >= 0.3 is 0 Å². The van der Waals surface area contributed by atoms with Gasteiger partial charge in [-0.1, -0.05) is 13.3 Å². The average molecular weight is 331 g/mol. The maximum Gasteiger partial charge on any atom is 0.263 e. The number of nitrogens with zero attached hydrogens (tertiary/aromatic N) is 3. The van der Waals surface area contributed by atoms with Crippen LogP contribution in [-0.2, 0) is 6.54 Å². The lowest BCUT2D eigenvalue weighted by molar-refractivity contribution is 0.0708. The van der Waals surface area contributed by atoms with Gasteiger partial charge in [0.25, 0.3) is 5.91 Å². The Morgan fingerprint density at radius 1 is 1.43 bits per heavy atom. The van der Waals surface area contributed by atoms with Crippen LogP contribution in [-0.4, -0.2) is 33.4 Å². The summed E-state index contributed by atoms with van der Waals surface area (Å²) in [5, 5.41) is 0. The molecule has 2 aromatic rings. The Morgan fingerprint density at radius 2 is 2.30 bits per heavy atom. The Balaban J connectivity index is 1.71. The molecule has 0 spiro atoms. The molecule has 0 saturated carbocycles. The fourth-order valence-corrected chi connectivity index (χ4v) is 4.11. The van der Waals surface area contributed by atoms with E-state index in [2.05, 4.69) is 22.7 Å². The fraction of sp³-hybridized carbons (Fsp3) is 0.556. The van der Waals surface area contributed by atoms with Crippen LogP contribution < -0.4 is 0 Å². The summed E-state index contributed by atoms with van der Waals surface area (Å²) in [6.45, 7) is 6.94. The van der Waals surface area contributed by atoms with Crippen LogP contribution >= 0.6 is 11.3 Å². The molecule has 1 fully saturated rings. The zero-order valence-corrected chi connectivity index (χ0v) is 14.8. The lowest BCUT2D eigenvalue weighted by atomic mass is 9.97. The number of likely N-dealkylation sites (tertiary alicyclic amines) is 1. The highest BCUT2D eigenvalue weighted by molar-refractivity contribution is 7.13. The molecule has 1 atom stereocenters. The number of hydrogen-bond donors (Lipinski definition) is 0. The van der Waals surface area contributed by atoms with Crippen LogP contribution in [0, 0.1) is 6.92 Å². The number of thiophene rings is 1. The van der Waals surface area contributed by atoms with Gasteiger partial charge < -0.3 is 9.47 Å². The number of piperidine rings is 1. The summed E-state index contributed by atoms with van der Waals surface area (Å²) in [4.78, 5) is 21.3. The quantitative estimate of drug-likeness (QED) is 0.828. The third-order valence-corrected chi connectivity index (χ3v) is 5.51. The molecule has 1 saturated heterocycles. The van der Waals surface area contributed by atoms with Crippen LogP contribution in [0.15, 0.2) is 24.5 Å². The molecule has 1 amide bonds. The highest BCUT2D eigenvalue weighted by Gasteiger charge is 2.28. The topological polar surface area (TPSA) is 38.1 Å². The van der Waals surface area contributed by atoms with Crippen LogP contribution in [0.4, 0.5) is 0 Å². The van der Waals surface area contributed by atoms with E-state index in [0.29, 0.717) is 5.92 Å². The van der Waals surface area contributed by atoms with Gasteiger partial charge in [-0.2, -0.15) is 0 Å². The van der Waals surface area contributed by atoms with Crippen molar-refractivity contribution >= 4 is 17.2 Å². The SMILES string of the molecule is CCCCn1ccnc1C1CCCN(C(=O)c2ccc(C)s2)C1. The molecule has 0 aromatic carbocycles. The molecular weight excluding hydrogens is 306 g/mol. The van der Waals surface area contributed by atoms with Crippen molar-refractivity contribution in [2.45, 2.75) is 52.0 Å². The third kappa shape index (κ3) is 3.66. The predicted octanol–water partition coefficient (Wildman–Crippen LogP) is 4.07. The summed E-state index contributed by atoms with van der Waals surface area (Å²) < 4.78 is 2.28. The molecule has 1 unspecified atom stereocenters. The smallest absolute Gasteiger partial charge is 0.263 e. The van der Waals surface area contributed by atoms with Gasteiger partial charge in [-0.3, -0.25) is 4.79 Å². The van der Waals surface area contributed by atoms with Crippen molar-refractivity contribution < 1.29 is 4.79 Å². The summed E-state index contributed by atoms with van der Waals surface area (Å²) in [5.41, 5.74) is 0. The summed E-state index contributed by atoms with van der Waals surface area (Å²) in [5.74, 6) is 1.69. The van der Waals surface area contributed by atoms with Crippen molar-refractivity contribution in [3.05, 3.63) is 40.1 Å². The molecule has 23 heavy (non-hydrogen) atoms. The van der Waals surface area contributed by atoms with E-state index >= 15 is 0 Å². The number of carbonyl (C=O) groups is 1. The second-order valence-corrected chi connectivity index (χ2v) is 7.62. The minimum Gasteiger partial charge on any atom is -0.337 e. The highest BCUT2D eigenvalue weighted by atomic mass is 32.1. The number of hydrogen-bond acceptors (Lipinski definition) is 3. The molecule has 3 rings (SSSR count). The van der Waals surface area contributed by atoms with Crippen molar-refractivity contribution in [3.8, 4) is 0 Å². The van der Waals surface area contributed by atoms with Crippen LogP contribution in [0.25, 0.3) is 0 Å². The minimum atomic E-state index is 0.180. The Labute approximate surface area is 142 Å². The molecule has 1 aliphatic rings. The first-order valence-electron chi connectivity index (χ1n) is 8.55. The van der Waals surface area contributed by atoms with E-state index in [1.54, 1.807) is 11.3 Å². The number of amides is 1. The molecule has 0 bridgehead atoms. The number of carbonyl (C=O) groups excluding carboxylic acids is 1. The minimum absolute atomic E-state index is 0.180. The summed E-state index contributed by atoms with van der Waals surface area (Å²) in [7, 11) is 0. The van der Waals surface area contributed by atoms with Crippen LogP contribution in [0.5, 0.6) is 0 Å². The molecule has 1 aliphatic heterocycles. The third-order valence-electron chi connectivity index (χ3n) is 4.53. The number of rotatable bonds is 5. The molecule has 4 nitrogen and oxygen atoms in total. The van der Waals surface area contributed by atoms with Gasteiger partial charge in [0.15, 0.2) is 0 Å². The standard InChI is InChI=1S/C18H25N3OS/c1-3-4-10-20-12-9-19-17(20)15-6-5-11-21(13-15)18(22)16-8-7-14(2)23-16/h7-9,12,15H,3-6,10-11,13H2,1-2H3. The summed E-state index contributed by atoms with van der Waals surface area (Å²) in [6.07, 6.45) is 8.51. The largest absolute Gasteiger partial charge is 0.337 e. The van der Waals surface area contributed by atoms with Gasteiger partial charge in [-0.05, 0) is 38.3 Å². The zero-order chi connectivity index (χ0) is 16.2. The van der Waals surface area contributed by atoms with Crippen molar-refractivity contribution in [1.29, 1.82) is 0 Å². The maximum absolute atomic E-state index is 12.7. The first-order valence-corrected chi connectivity index (χ1v) is 9.37. The Hall–Kier alpha value is -1.62. The van der Waals surface area contributed by atoms with E-state index in [1.165, 1.54) is 17.7 Å². The Kier molecular flexibility index (Phi) is 5.16. The van der Waals surface area contributed by atoms with Gasteiger partial charge in [-0.25, -0.2) is 4.98 Å². The van der Waals surface area contributed by atoms with Crippen molar-refractivity contribution in [1.82, 2.24) is 14.5 Å².